The summed E-state index contributed by atoms with van der Waals surface area (Å²) in [5.74, 6) is 1.14. The Morgan fingerprint density at radius 1 is 1.09 bits per heavy atom. The van der Waals surface area contributed by atoms with Gasteiger partial charge in [0.1, 0.15) is 0 Å². The van der Waals surface area contributed by atoms with Crippen LogP contribution in [0, 0.1) is 6.92 Å². The fourth-order valence-corrected chi connectivity index (χ4v) is 2.78. The number of benzene rings is 2. The molecule has 0 radical (unpaired) electrons. The second kappa shape index (κ2) is 5.37. The second-order valence-corrected chi connectivity index (χ2v) is 5.43. The van der Waals surface area contributed by atoms with Gasteiger partial charge in [-0.1, -0.05) is 35.5 Å². The molecule has 5 heteroatoms. The third kappa shape index (κ3) is 2.31. The van der Waals surface area contributed by atoms with Crippen molar-refractivity contribution in [2.24, 2.45) is 5.73 Å². The highest BCUT2D eigenvalue weighted by molar-refractivity contribution is 5.88. The predicted molar refractivity (Wildman–Crippen MR) is 89.2 cm³/mol. The predicted octanol–water partition coefficient (Wildman–Crippen LogP) is 3.45. The Labute approximate surface area is 133 Å². The van der Waals surface area contributed by atoms with Crippen molar-refractivity contribution < 1.29 is 4.52 Å². The molecule has 2 aromatic heterocycles. The van der Waals surface area contributed by atoms with Crippen molar-refractivity contribution in [2.75, 3.05) is 0 Å². The summed E-state index contributed by atoms with van der Waals surface area (Å²) in [6, 6.07) is 18.5. The number of fused-ring (bicyclic) bond motifs is 1. The van der Waals surface area contributed by atoms with E-state index in [1.165, 1.54) is 0 Å². The number of hydrogen-bond donors (Lipinski definition) is 1. The molecule has 0 aliphatic rings. The molecule has 0 bridgehead atoms. The summed E-state index contributed by atoms with van der Waals surface area (Å²) in [5, 5.41) is 5.21. The van der Waals surface area contributed by atoms with Crippen LogP contribution in [0.25, 0.3) is 28.1 Å². The van der Waals surface area contributed by atoms with Crippen LogP contribution in [0.5, 0.6) is 0 Å². The zero-order valence-corrected chi connectivity index (χ0v) is 12.7. The van der Waals surface area contributed by atoms with Crippen LogP contribution in [0.3, 0.4) is 0 Å². The molecular formula is C18H16N4O. The van der Waals surface area contributed by atoms with Gasteiger partial charge < -0.3 is 14.8 Å². The summed E-state index contributed by atoms with van der Waals surface area (Å²) >= 11 is 0. The lowest BCUT2D eigenvalue weighted by molar-refractivity contribution is 0.394. The van der Waals surface area contributed by atoms with Gasteiger partial charge >= 0.3 is 0 Å². The molecule has 0 saturated carbocycles. The number of nitrogens with two attached hydrogens (primary N) is 1. The minimum absolute atomic E-state index is 0.531. The second-order valence-electron chi connectivity index (χ2n) is 5.43. The smallest absolute Gasteiger partial charge is 0.223 e. The van der Waals surface area contributed by atoms with Crippen LogP contribution in [0.1, 0.15) is 11.5 Å². The number of para-hydroxylation sites is 1. The highest BCUT2D eigenvalue weighted by atomic mass is 16.5. The number of hydrogen-bond acceptors (Lipinski definition) is 4. The average Bonchev–Trinajstić information content (AvgIpc) is 3.18. The summed E-state index contributed by atoms with van der Waals surface area (Å²) < 4.78 is 7.29. The van der Waals surface area contributed by atoms with Gasteiger partial charge in [-0.15, -0.1) is 0 Å². The highest BCUT2D eigenvalue weighted by Crippen LogP contribution is 2.30. The van der Waals surface area contributed by atoms with E-state index in [4.69, 9.17) is 10.3 Å². The molecule has 2 heterocycles. The maximum absolute atomic E-state index is 5.69. The van der Waals surface area contributed by atoms with Gasteiger partial charge in [0.15, 0.2) is 0 Å². The van der Waals surface area contributed by atoms with Gasteiger partial charge in [0.25, 0.3) is 0 Å². The summed E-state index contributed by atoms with van der Waals surface area (Å²) in [6.45, 7) is 2.32. The molecule has 0 unspecified atom stereocenters. The van der Waals surface area contributed by atoms with E-state index in [0.717, 1.165) is 27.8 Å². The molecule has 0 aliphatic carbocycles. The normalized spacial score (nSPS) is 11.2. The fraction of sp³-hybridized carbons (Fsp3) is 0.111. The number of rotatable bonds is 3. The molecule has 114 valence electrons. The zero-order valence-electron chi connectivity index (χ0n) is 12.7. The topological polar surface area (TPSA) is 69.9 Å². The molecule has 0 aliphatic heterocycles. The molecular weight excluding hydrogens is 288 g/mol. The summed E-state index contributed by atoms with van der Waals surface area (Å²) in [7, 11) is 0. The maximum atomic E-state index is 5.69. The minimum atomic E-state index is 0.531. The van der Waals surface area contributed by atoms with E-state index in [2.05, 4.69) is 45.0 Å². The first-order valence-corrected chi connectivity index (χ1v) is 7.47. The quantitative estimate of drug-likeness (QED) is 0.629. The molecule has 0 fully saturated rings. The molecule has 5 nitrogen and oxygen atoms in total. The van der Waals surface area contributed by atoms with Gasteiger partial charge in [0.2, 0.25) is 11.7 Å². The molecule has 4 rings (SSSR count). The Morgan fingerprint density at radius 3 is 2.57 bits per heavy atom. The lowest BCUT2D eigenvalue weighted by atomic mass is 10.2. The van der Waals surface area contributed by atoms with Crippen LogP contribution in [-0.2, 0) is 6.54 Å². The van der Waals surface area contributed by atoms with Crippen LogP contribution < -0.4 is 5.73 Å². The monoisotopic (exact) mass is 304 g/mol. The molecule has 0 spiro atoms. The Kier molecular flexibility index (Phi) is 3.20. The maximum Gasteiger partial charge on any atom is 0.223 e. The van der Waals surface area contributed by atoms with Crippen molar-refractivity contribution >= 4 is 10.9 Å². The van der Waals surface area contributed by atoms with E-state index in [0.29, 0.717) is 18.3 Å². The van der Waals surface area contributed by atoms with Crippen molar-refractivity contribution in [2.45, 2.75) is 13.5 Å². The van der Waals surface area contributed by atoms with Gasteiger partial charge in [-0.3, -0.25) is 0 Å². The number of aryl methyl sites for hydroxylation is 1. The third-order valence-corrected chi connectivity index (χ3v) is 3.90. The minimum Gasteiger partial charge on any atom is -0.339 e. The number of nitrogens with zero attached hydrogens (tertiary/aromatic N) is 3. The molecule has 0 atom stereocenters. The standard InChI is InChI=1S/C18H16N4O/c1-12-20-18(21-23-12)17-10-14-4-2-3-5-16(14)22(17)15-8-6-13(11-19)7-9-15/h2-10H,11,19H2,1H3. The summed E-state index contributed by atoms with van der Waals surface area (Å²) in [6.07, 6.45) is 0. The van der Waals surface area contributed by atoms with Gasteiger partial charge in [0.05, 0.1) is 11.2 Å². The Hall–Kier alpha value is -2.92. The van der Waals surface area contributed by atoms with E-state index in [-0.39, 0.29) is 0 Å². The first kappa shape index (κ1) is 13.7. The summed E-state index contributed by atoms with van der Waals surface area (Å²) in [4.78, 5) is 4.38. The van der Waals surface area contributed by atoms with Crippen LogP contribution in [0.15, 0.2) is 59.1 Å². The van der Waals surface area contributed by atoms with Crippen LogP contribution >= 0.6 is 0 Å². The highest BCUT2D eigenvalue weighted by Gasteiger charge is 2.16. The van der Waals surface area contributed by atoms with Gasteiger partial charge in [-0.2, -0.15) is 4.98 Å². The van der Waals surface area contributed by atoms with E-state index in [9.17, 15) is 0 Å². The van der Waals surface area contributed by atoms with E-state index < -0.39 is 0 Å². The van der Waals surface area contributed by atoms with Crippen LogP contribution in [-0.4, -0.2) is 14.7 Å². The zero-order chi connectivity index (χ0) is 15.8. The lowest BCUT2D eigenvalue weighted by Crippen LogP contribution is -2.00. The molecule has 4 aromatic rings. The molecule has 2 N–H and O–H groups in total. The first-order chi connectivity index (χ1) is 11.3. The Balaban J connectivity index is 1.98. The average molecular weight is 304 g/mol. The Morgan fingerprint density at radius 2 is 1.87 bits per heavy atom. The largest absolute Gasteiger partial charge is 0.339 e. The molecule has 23 heavy (non-hydrogen) atoms. The Bertz CT molecular complexity index is 966. The van der Waals surface area contributed by atoms with Crippen LogP contribution in [0.4, 0.5) is 0 Å². The SMILES string of the molecule is Cc1nc(-c2cc3ccccc3n2-c2ccc(CN)cc2)no1. The third-order valence-electron chi connectivity index (χ3n) is 3.90. The van der Waals surface area contributed by atoms with Crippen molar-refractivity contribution in [1.82, 2.24) is 14.7 Å². The lowest BCUT2D eigenvalue weighted by Gasteiger charge is -2.09. The van der Waals surface area contributed by atoms with Crippen molar-refractivity contribution in [3.8, 4) is 17.2 Å². The molecule has 0 saturated heterocycles. The molecule has 2 aromatic carbocycles. The first-order valence-electron chi connectivity index (χ1n) is 7.47. The van der Waals surface area contributed by atoms with Gasteiger partial charge in [-0.25, -0.2) is 0 Å². The fourth-order valence-electron chi connectivity index (χ4n) is 2.78. The van der Waals surface area contributed by atoms with E-state index in [1.54, 1.807) is 6.92 Å². The van der Waals surface area contributed by atoms with Crippen molar-refractivity contribution in [3.63, 3.8) is 0 Å². The van der Waals surface area contributed by atoms with Crippen LogP contribution in [0.2, 0.25) is 0 Å². The number of aromatic nitrogens is 3. The van der Waals surface area contributed by atoms with Crippen molar-refractivity contribution in [1.29, 1.82) is 0 Å². The van der Waals surface area contributed by atoms with Crippen molar-refractivity contribution in [3.05, 3.63) is 66.1 Å². The molecule has 0 amide bonds. The van der Waals surface area contributed by atoms with E-state index in [1.807, 2.05) is 24.3 Å². The van der Waals surface area contributed by atoms with E-state index >= 15 is 0 Å². The van der Waals surface area contributed by atoms with Gasteiger partial charge in [0, 0.05) is 24.5 Å². The summed E-state index contributed by atoms with van der Waals surface area (Å²) in [5.41, 5.74) is 9.84. The van der Waals surface area contributed by atoms with Gasteiger partial charge in [-0.05, 0) is 29.8 Å².